The molecule has 1 heterocycles. The molecule has 0 unspecified atom stereocenters. The maximum atomic E-state index is 11.3. The van der Waals surface area contributed by atoms with E-state index in [9.17, 15) is 9.59 Å². The van der Waals surface area contributed by atoms with Crippen LogP contribution in [0, 0.1) is 5.92 Å². The predicted octanol–water partition coefficient (Wildman–Crippen LogP) is 2.03. The van der Waals surface area contributed by atoms with E-state index in [4.69, 9.17) is 4.74 Å². The Balaban J connectivity index is 2.43. The minimum absolute atomic E-state index is 0.195. The molecule has 0 N–H and O–H groups in total. The van der Waals surface area contributed by atoms with Gasteiger partial charge in [-0.3, -0.25) is 4.98 Å². The molecule has 0 aromatic carbocycles. The van der Waals surface area contributed by atoms with E-state index < -0.39 is 12.1 Å². The first-order valence-electron chi connectivity index (χ1n) is 4.88. The molecular weight excluding hydrogens is 210 g/mol. The van der Waals surface area contributed by atoms with Crippen LogP contribution in [-0.4, -0.2) is 23.7 Å². The first kappa shape index (κ1) is 12.2. The van der Waals surface area contributed by atoms with Gasteiger partial charge in [-0.25, -0.2) is 9.59 Å². The van der Waals surface area contributed by atoms with E-state index in [0.717, 1.165) is 0 Å². The number of rotatable bonds is 3. The third-order valence-corrected chi connectivity index (χ3v) is 1.61. The Morgan fingerprint density at radius 3 is 2.75 bits per heavy atom. The van der Waals surface area contributed by atoms with Crippen molar-refractivity contribution in [3.63, 3.8) is 0 Å². The molecule has 0 amide bonds. The Morgan fingerprint density at radius 2 is 2.19 bits per heavy atom. The highest BCUT2D eigenvalue weighted by Crippen LogP contribution is 2.01. The van der Waals surface area contributed by atoms with Crippen molar-refractivity contribution in [2.75, 3.05) is 6.61 Å². The Bertz CT molecular complexity index is 362. The highest BCUT2D eigenvalue weighted by molar-refractivity contribution is 5.94. The van der Waals surface area contributed by atoms with Gasteiger partial charge in [0.05, 0.1) is 12.2 Å². The van der Waals surface area contributed by atoms with Crippen LogP contribution in [0.25, 0.3) is 0 Å². The first-order chi connectivity index (χ1) is 7.59. The smallest absolute Gasteiger partial charge is 0.434 e. The zero-order valence-corrected chi connectivity index (χ0v) is 9.17. The number of aromatic nitrogens is 1. The lowest BCUT2D eigenvalue weighted by molar-refractivity contribution is 0.0350. The SMILES string of the molecule is CC(C)COC(=O)OC(=O)c1cccnc1. The number of hydrogen-bond donors (Lipinski definition) is 0. The minimum atomic E-state index is -0.984. The van der Waals surface area contributed by atoms with E-state index >= 15 is 0 Å². The van der Waals surface area contributed by atoms with Crippen molar-refractivity contribution < 1.29 is 19.1 Å². The normalized spacial score (nSPS) is 9.94. The second-order valence-electron chi connectivity index (χ2n) is 3.59. The quantitative estimate of drug-likeness (QED) is 0.579. The Hall–Kier alpha value is -1.91. The molecule has 1 aromatic heterocycles. The van der Waals surface area contributed by atoms with Crippen LogP contribution >= 0.6 is 0 Å². The van der Waals surface area contributed by atoms with Gasteiger partial charge in [0.1, 0.15) is 0 Å². The molecule has 0 aliphatic rings. The first-order valence-corrected chi connectivity index (χ1v) is 4.88. The summed E-state index contributed by atoms with van der Waals surface area (Å²) in [5, 5.41) is 0. The van der Waals surface area contributed by atoms with Crippen molar-refractivity contribution in [3.05, 3.63) is 30.1 Å². The van der Waals surface area contributed by atoms with Crippen LogP contribution in [0.1, 0.15) is 24.2 Å². The minimum Gasteiger partial charge on any atom is -0.434 e. The van der Waals surface area contributed by atoms with Gasteiger partial charge >= 0.3 is 12.1 Å². The van der Waals surface area contributed by atoms with Crippen molar-refractivity contribution >= 4 is 12.1 Å². The fourth-order valence-corrected chi connectivity index (χ4v) is 0.882. The van der Waals surface area contributed by atoms with Gasteiger partial charge in [0, 0.05) is 12.4 Å². The number of carbonyl (C=O) groups is 2. The van der Waals surface area contributed by atoms with Crippen LogP contribution in [-0.2, 0) is 9.47 Å². The number of ether oxygens (including phenoxy) is 2. The lowest BCUT2D eigenvalue weighted by atomic mass is 10.2. The van der Waals surface area contributed by atoms with E-state index in [0.29, 0.717) is 0 Å². The summed E-state index contributed by atoms with van der Waals surface area (Å²) >= 11 is 0. The summed E-state index contributed by atoms with van der Waals surface area (Å²) in [4.78, 5) is 26.1. The Labute approximate surface area is 93.4 Å². The van der Waals surface area contributed by atoms with Crippen LogP contribution in [0.5, 0.6) is 0 Å². The molecule has 0 spiro atoms. The highest BCUT2D eigenvalue weighted by atomic mass is 16.7. The van der Waals surface area contributed by atoms with Gasteiger partial charge in [0.25, 0.3) is 0 Å². The van der Waals surface area contributed by atoms with E-state index in [1.807, 2.05) is 13.8 Å². The molecule has 0 atom stereocenters. The van der Waals surface area contributed by atoms with E-state index in [1.165, 1.54) is 18.5 Å². The summed E-state index contributed by atoms with van der Waals surface area (Å²) in [6, 6.07) is 3.08. The lowest BCUT2D eigenvalue weighted by Gasteiger charge is -2.06. The molecule has 0 aliphatic carbocycles. The monoisotopic (exact) mass is 223 g/mol. The van der Waals surface area contributed by atoms with Gasteiger partial charge in [-0.2, -0.15) is 0 Å². The Kier molecular flexibility index (Phi) is 4.44. The summed E-state index contributed by atoms with van der Waals surface area (Å²) in [7, 11) is 0. The molecule has 86 valence electrons. The number of hydrogen-bond acceptors (Lipinski definition) is 5. The number of esters is 1. The number of pyridine rings is 1. The van der Waals surface area contributed by atoms with E-state index in [-0.39, 0.29) is 18.1 Å². The van der Waals surface area contributed by atoms with Gasteiger partial charge in [0.2, 0.25) is 0 Å². The van der Waals surface area contributed by atoms with Gasteiger partial charge in [-0.15, -0.1) is 0 Å². The highest BCUT2D eigenvalue weighted by Gasteiger charge is 2.14. The third-order valence-electron chi connectivity index (χ3n) is 1.61. The molecule has 0 bridgehead atoms. The average molecular weight is 223 g/mol. The molecule has 0 radical (unpaired) electrons. The van der Waals surface area contributed by atoms with Crippen molar-refractivity contribution in [1.82, 2.24) is 4.98 Å². The van der Waals surface area contributed by atoms with Gasteiger partial charge in [0.15, 0.2) is 0 Å². The van der Waals surface area contributed by atoms with Crippen molar-refractivity contribution in [2.45, 2.75) is 13.8 Å². The summed E-state index contributed by atoms with van der Waals surface area (Å²) in [5.41, 5.74) is 0.212. The second kappa shape index (κ2) is 5.85. The largest absolute Gasteiger partial charge is 0.516 e. The zero-order chi connectivity index (χ0) is 12.0. The average Bonchev–Trinajstić information content (AvgIpc) is 2.27. The third kappa shape index (κ3) is 4.08. The molecule has 0 fully saturated rings. The molecule has 5 nitrogen and oxygen atoms in total. The second-order valence-corrected chi connectivity index (χ2v) is 3.59. The molecule has 16 heavy (non-hydrogen) atoms. The van der Waals surface area contributed by atoms with Crippen LogP contribution < -0.4 is 0 Å². The molecule has 0 saturated heterocycles. The zero-order valence-electron chi connectivity index (χ0n) is 9.17. The van der Waals surface area contributed by atoms with E-state index in [2.05, 4.69) is 9.72 Å². The van der Waals surface area contributed by atoms with Crippen LogP contribution in [0.2, 0.25) is 0 Å². The standard InChI is InChI=1S/C11H13NO4/c1-8(2)7-15-11(14)16-10(13)9-4-3-5-12-6-9/h3-6,8H,7H2,1-2H3. The topological polar surface area (TPSA) is 65.5 Å². The number of carbonyl (C=O) groups excluding carboxylic acids is 2. The molecule has 0 aliphatic heterocycles. The molecule has 5 heteroatoms. The van der Waals surface area contributed by atoms with Crippen molar-refractivity contribution in [2.24, 2.45) is 5.92 Å². The fourth-order valence-electron chi connectivity index (χ4n) is 0.882. The fraction of sp³-hybridized carbons (Fsp3) is 0.364. The van der Waals surface area contributed by atoms with Crippen molar-refractivity contribution in [1.29, 1.82) is 0 Å². The van der Waals surface area contributed by atoms with Crippen LogP contribution in [0.15, 0.2) is 24.5 Å². The maximum absolute atomic E-state index is 11.3. The van der Waals surface area contributed by atoms with Crippen molar-refractivity contribution in [3.8, 4) is 0 Å². The van der Waals surface area contributed by atoms with Crippen LogP contribution in [0.3, 0.4) is 0 Å². The van der Waals surface area contributed by atoms with Gasteiger partial charge < -0.3 is 9.47 Å². The summed E-state index contributed by atoms with van der Waals surface area (Å²) in [5.74, 6) is -0.567. The van der Waals surface area contributed by atoms with Crippen LogP contribution in [0.4, 0.5) is 4.79 Å². The predicted molar refractivity (Wildman–Crippen MR) is 55.8 cm³/mol. The molecule has 1 rings (SSSR count). The molecule has 0 saturated carbocycles. The molecular formula is C11H13NO4. The number of nitrogens with zero attached hydrogens (tertiary/aromatic N) is 1. The Morgan fingerprint density at radius 1 is 1.44 bits per heavy atom. The summed E-state index contributed by atoms with van der Waals surface area (Å²) in [6.45, 7) is 3.99. The summed E-state index contributed by atoms with van der Waals surface area (Å²) in [6.07, 6.45) is 1.86. The van der Waals surface area contributed by atoms with Gasteiger partial charge in [-0.05, 0) is 18.1 Å². The van der Waals surface area contributed by atoms with Gasteiger partial charge in [-0.1, -0.05) is 13.8 Å². The summed E-state index contributed by atoms with van der Waals surface area (Å²) < 4.78 is 9.14. The maximum Gasteiger partial charge on any atom is 0.516 e. The molecule has 1 aromatic rings. The lowest BCUT2D eigenvalue weighted by Crippen LogP contribution is -2.16. The van der Waals surface area contributed by atoms with E-state index in [1.54, 1.807) is 6.07 Å².